The van der Waals surface area contributed by atoms with Crippen LogP contribution in [-0.4, -0.2) is 18.3 Å². The van der Waals surface area contributed by atoms with Gasteiger partial charge in [0.05, 0.1) is 12.5 Å². The minimum absolute atomic E-state index is 0.00336. The van der Waals surface area contributed by atoms with Crippen molar-refractivity contribution in [3.8, 4) is 0 Å². The number of ether oxygens (including phenoxy) is 1. The summed E-state index contributed by atoms with van der Waals surface area (Å²) < 4.78 is 5.20. The number of rotatable bonds is 4. The van der Waals surface area contributed by atoms with Crippen LogP contribution in [0.5, 0.6) is 0 Å². The highest BCUT2D eigenvalue weighted by molar-refractivity contribution is 7.80. The van der Waals surface area contributed by atoms with Gasteiger partial charge < -0.3 is 4.74 Å². The molecule has 0 aliphatic heterocycles. The summed E-state index contributed by atoms with van der Waals surface area (Å²) in [5, 5.41) is 0. The standard InChI is InChI=1S/C11H16O2S/c12-11(13-4-1-5-14)10-7-8-2-3-9(10)6-8/h2-3,8-10,14H,1,4-7H2. The lowest BCUT2D eigenvalue weighted by Crippen LogP contribution is -2.22. The molecule has 0 aromatic rings. The maximum atomic E-state index is 11.6. The summed E-state index contributed by atoms with van der Waals surface area (Å²) in [6.45, 7) is 0.528. The van der Waals surface area contributed by atoms with E-state index in [0.717, 1.165) is 25.0 Å². The maximum absolute atomic E-state index is 11.6. The van der Waals surface area contributed by atoms with Crippen LogP contribution in [0.4, 0.5) is 0 Å². The summed E-state index contributed by atoms with van der Waals surface area (Å²) in [5.41, 5.74) is 0. The van der Waals surface area contributed by atoms with Gasteiger partial charge in [-0.25, -0.2) is 0 Å². The zero-order valence-corrected chi connectivity index (χ0v) is 9.08. The van der Waals surface area contributed by atoms with Crippen molar-refractivity contribution in [2.75, 3.05) is 12.4 Å². The van der Waals surface area contributed by atoms with Gasteiger partial charge in [-0.3, -0.25) is 4.79 Å². The monoisotopic (exact) mass is 212 g/mol. The first-order valence-electron chi connectivity index (χ1n) is 5.27. The third-order valence-corrected chi connectivity index (χ3v) is 3.44. The molecule has 0 saturated heterocycles. The number of thiol groups is 1. The van der Waals surface area contributed by atoms with Crippen molar-refractivity contribution in [2.24, 2.45) is 17.8 Å². The SMILES string of the molecule is O=C(OCCCS)C1CC2C=CC1C2. The average molecular weight is 212 g/mol. The van der Waals surface area contributed by atoms with Crippen molar-refractivity contribution < 1.29 is 9.53 Å². The van der Waals surface area contributed by atoms with Gasteiger partial charge >= 0.3 is 5.97 Å². The van der Waals surface area contributed by atoms with Crippen molar-refractivity contribution in [3.05, 3.63) is 12.2 Å². The molecule has 0 aromatic carbocycles. The second kappa shape index (κ2) is 4.39. The Morgan fingerprint density at radius 2 is 2.29 bits per heavy atom. The van der Waals surface area contributed by atoms with Gasteiger partial charge in [0, 0.05) is 0 Å². The van der Waals surface area contributed by atoms with Crippen LogP contribution in [0.25, 0.3) is 0 Å². The average Bonchev–Trinajstić information content (AvgIpc) is 2.79. The molecule has 0 N–H and O–H groups in total. The molecule has 14 heavy (non-hydrogen) atoms. The summed E-state index contributed by atoms with van der Waals surface area (Å²) in [6, 6.07) is 0. The number of esters is 1. The van der Waals surface area contributed by atoms with Crippen molar-refractivity contribution in [3.63, 3.8) is 0 Å². The Morgan fingerprint density at radius 3 is 2.86 bits per heavy atom. The summed E-state index contributed by atoms with van der Waals surface area (Å²) >= 11 is 4.07. The Balaban J connectivity index is 1.79. The van der Waals surface area contributed by atoms with Crippen LogP contribution in [0.15, 0.2) is 12.2 Å². The molecule has 3 heteroatoms. The van der Waals surface area contributed by atoms with E-state index in [1.807, 2.05) is 0 Å². The van der Waals surface area contributed by atoms with Crippen molar-refractivity contribution in [2.45, 2.75) is 19.3 Å². The van der Waals surface area contributed by atoms with E-state index in [0.29, 0.717) is 18.4 Å². The van der Waals surface area contributed by atoms with E-state index in [9.17, 15) is 4.79 Å². The fraction of sp³-hybridized carbons (Fsp3) is 0.727. The first-order chi connectivity index (χ1) is 6.81. The van der Waals surface area contributed by atoms with Gasteiger partial charge in [0.25, 0.3) is 0 Å². The van der Waals surface area contributed by atoms with Gasteiger partial charge in [-0.1, -0.05) is 12.2 Å². The summed E-state index contributed by atoms with van der Waals surface area (Å²) in [5.74, 6) is 2.03. The van der Waals surface area contributed by atoms with Gasteiger partial charge in [0.2, 0.25) is 0 Å². The van der Waals surface area contributed by atoms with Crippen LogP contribution < -0.4 is 0 Å². The number of carbonyl (C=O) groups is 1. The second-order valence-corrected chi connectivity index (χ2v) is 4.58. The minimum atomic E-state index is 0.00336. The molecule has 78 valence electrons. The van der Waals surface area contributed by atoms with Crippen LogP contribution in [0.2, 0.25) is 0 Å². The van der Waals surface area contributed by atoms with Crippen LogP contribution >= 0.6 is 12.6 Å². The third kappa shape index (κ3) is 1.97. The molecule has 2 aliphatic rings. The van der Waals surface area contributed by atoms with Crippen molar-refractivity contribution in [1.29, 1.82) is 0 Å². The number of hydrogen-bond acceptors (Lipinski definition) is 3. The van der Waals surface area contributed by atoms with Crippen LogP contribution in [0.1, 0.15) is 19.3 Å². The molecule has 2 aliphatic carbocycles. The largest absolute Gasteiger partial charge is 0.465 e. The highest BCUT2D eigenvalue weighted by Gasteiger charge is 2.40. The van der Waals surface area contributed by atoms with E-state index in [-0.39, 0.29) is 11.9 Å². The van der Waals surface area contributed by atoms with E-state index in [1.54, 1.807) is 0 Å². The molecule has 1 saturated carbocycles. The number of allylic oxidation sites excluding steroid dienone is 2. The predicted octanol–water partition coefficient (Wildman–Crippen LogP) is 2.06. The highest BCUT2D eigenvalue weighted by atomic mass is 32.1. The number of carbonyl (C=O) groups excluding carboxylic acids is 1. The fourth-order valence-corrected chi connectivity index (χ4v) is 2.53. The zero-order valence-electron chi connectivity index (χ0n) is 8.19. The van der Waals surface area contributed by atoms with Crippen molar-refractivity contribution in [1.82, 2.24) is 0 Å². The van der Waals surface area contributed by atoms with E-state index in [2.05, 4.69) is 24.8 Å². The van der Waals surface area contributed by atoms with E-state index >= 15 is 0 Å². The smallest absolute Gasteiger partial charge is 0.309 e. The summed E-state index contributed by atoms with van der Waals surface area (Å²) in [6.07, 6.45) is 7.43. The summed E-state index contributed by atoms with van der Waals surface area (Å²) in [7, 11) is 0. The number of hydrogen-bond donors (Lipinski definition) is 1. The lowest BCUT2D eigenvalue weighted by molar-refractivity contribution is -0.149. The predicted molar refractivity (Wildman–Crippen MR) is 58.3 cm³/mol. The second-order valence-electron chi connectivity index (χ2n) is 4.13. The van der Waals surface area contributed by atoms with Crippen molar-refractivity contribution >= 4 is 18.6 Å². The van der Waals surface area contributed by atoms with Crippen LogP contribution in [0, 0.1) is 17.8 Å². The minimum Gasteiger partial charge on any atom is -0.465 e. The molecule has 0 amide bonds. The van der Waals surface area contributed by atoms with Crippen LogP contribution in [-0.2, 0) is 9.53 Å². The lowest BCUT2D eigenvalue weighted by atomic mass is 9.94. The molecule has 0 radical (unpaired) electrons. The molecular weight excluding hydrogens is 196 g/mol. The van der Waals surface area contributed by atoms with Gasteiger partial charge in [0.1, 0.15) is 0 Å². The zero-order chi connectivity index (χ0) is 9.97. The first-order valence-corrected chi connectivity index (χ1v) is 5.90. The van der Waals surface area contributed by atoms with E-state index in [1.165, 1.54) is 0 Å². The molecule has 0 heterocycles. The number of fused-ring (bicyclic) bond motifs is 2. The molecular formula is C11H16O2S. The quantitative estimate of drug-likeness (QED) is 0.334. The summed E-state index contributed by atoms with van der Waals surface area (Å²) in [4.78, 5) is 11.6. The molecule has 3 unspecified atom stereocenters. The van der Waals surface area contributed by atoms with Gasteiger partial charge in [-0.2, -0.15) is 12.6 Å². The molecule has 0 aromatic heterocycles. The molecule has 2 nitrogen and oxygen atoms in total. The molecule has 0 spiro atoms. The molecule has 2 bridgehead atoms. The Bertz CT molecular complexity index is 250. The molecule has 2 rings (SSSR count). The normalized spacial score (nSPS) is 33.6. The third-order valence-electron chi connectivity index (χ3n) is 3.13. The topological polar surface area (TPSA) is 26.3 Å². The van der Waals surface area contributed by atoms with E-state index in [4.69, 9.17) is 4.74 Å². The van der Waals surface area contributed by atoms with Gasteiger partial charge in [-0.15, -0.1) is 0 Å². The highest BCUT2D eigenvalue weighted by Crippen LogP contribution is 2.43. The Labute approximate surface area is 90.1 Å². The Hall–Kier alpha value is -0.440. The molecule has 3 atom stereocenters. The van der Waals surface area contributed by atoms with E-state index < -0.39 is 0 Å². The van der Waals surface area contributed by atoms with Crippen LogP contribution in [0.3, 0.4) is 0 Å². The first kappa shape index (κ1) is 10.1. The lowest BCUT2D eigenvalue weighted by Gasteiger charge is -2.16. The maximum Gasteiger partial charge on any atom is 0.309 e. The molecule has 1 fully saturated rings. The fourth-order valence-electron chi connectivity index (χ4n) is 2.40. The Morgan fingerprint density at radius 1 is 1.43 bits per heavy atom. The Kier molecular flexibility index (Phi) is 3.16. The van der Waals surface area contributed by atoms with Gasteiger partial charge in [-0.05, 0) is 36.9 Å². The van der Waals surface area contributed by atoms with Gasteiger partial charge in [0.15, 0.2) is 0 Å².